The summed E-state index contributed by atoms with van der Waals surface area (Å²) in [7, 11) is 1.73. The lowest BCUT2D eigenvalue weighted by Crippen LogP contribution is -2.44. The van der Waals surface area contributed by atoms with E-state index in [0.29, 0.717) is 11.9 Å². The molecule has 16 heavy (non-hydrogen) atoms. The molecule has 0 saturated carbocycles. The van der Waals surface area contributed by atoms with E-state index >= 15 is 0 Å². The summed E-state index contributed by atoms with van der Waals surface area (Å²) in [6.45, 7) is 3.85. The second-order valence-electron chi connectivity index (χ2n) is 4.62. The number of nitrogens with zero attached hydrogens (tertiary/aromatic N) is 1. The molecule has 0 bridgehead atoms. The van der Waals surface area contributed by atoms with Gasteiger partial charge < -0.3 is 9.64 Å². The molecule has 0 aromatic heterocycles. The van der Waals surface area contributed by atoms with Crippen LogP contribution in [0.4, 0.5) is 0 Å². The summed E-state index contributed by atoms with van der Waals surface area (Å²) < 4.78 is 5.12. The molecular weight excluding hydrogens is 202 g/mol. The van der Waals surface area contributed by atoms with Gasteiger partial charge in [0.05, 0.1) is 0 Å². The van der Waals surface area contributed by atoms with Crippen molar-refractivity contribution in [2.24, 2.45) is 0 Å². The first-order chi connectivity index (χ1) is 7.79. The summed E-state index contributed by atoms with van der Waals surface area (Å²) in [5.41, 5.74) is 0. The smallest absolute Gasteiger partial charge is 0.222 e. The first-order valence-electron chi connectivity index (χ1n) is 6.58. The van der Waals surface area contributed by atoms with Crippen molar-refractivity contribution in [3.63, 3.8) is 0 Å². The summed E-state index contributed by atoms with van der Waals surface area (Å²) in [5, 5.41) is 0. The number of likely N-dealkylation sites (tertiary alicyclic amines) is 1. The highest BCUT2D eigenvalue weighted by atomic mass is 16.5. The molecule has 1 heterocycles. The molecule has 1 amide bonds. The molecule has 1 aliphatic heterocycles. The van der Waals surface area contributed by atoms with Crippen molar-refractivity contribution in [3.05, 3.63) is 0 Å². The van der Waals surface area contributed by atoms with Crippen molar-refractivity contribution in [2.75, 3.05) is 20.3 Å². The lowest BCUT2D eigenvalue weighted by Gasteiger charge is -2.36. The van der Waals surface area contributed by atoms with Gasteiger partial charge in [0, 0.05) is 32.7 Å². The zero-order chi connectivity index (χ0) is 11.8. The predicted octanol–water partition coefficient (Wildman–Crippen LogP) is 2.59. The molecule has 0 spiro atoms. The van der Waals surface area contributed by atoms with E-state index in [1.807, 2.05) is 0 Å². The third kappa shape index (κ3) is 4.12. The lowest BCUT2D eigenvalue weighted by atomic mass is 9.99. The van der Waals surface area contributed by atoms with Crippen LogP contribution in [0.2, 0.25) is 0 Å². The Kier molecular flexibility index (Phi) is 6.46. The highest BCUT2D eigenvalue weighted by molar-refractivity contribution is 5.76. The van der Waals surface area contributed by atoms with E-state index in [0.717, 1.165) is 45.3 Å². The van der Waals surface area contributed by atoms with E-state index in [1.165, 1.54) is 12.8 Å². The Morgan fingerprint density at radius 1 is 1.44 bits per heavy atom. The fourth-order valence-electron chi connectivity index (χ4n) is 2.35. The maximum absolute atomic E-state index is 12.0. The fraction of sp³-hybridized carbons (Fsp3) is 0.923. The molecule has 3 nitrogen and oxygen atoms in total. The first kappa shape index (κ1) is 13.5. The van der Waals surface area contributed by atoms with Crippen molar-refractivity contribution in [3.8, 4) is 0 Å². The van der Waals surface area contributed by atoms with Crippen molar-refractivity contribution >= 4 is 5.91 Å². The normalized spacial score (nSPS) is 21.1. The van der Waals surface area contributed by atoms with Crippen LogP contribution in [0.25, 0.3) is 0 Å². The average Bonchev–Trinajstić information content (AvgIpc) is 2.33. The quantitative estimate of drug-likeness (QED) is 0.698. The zero-order valence-corrected chi connectivity index (χ0v) is 10.7. The summed E-state index contributed by atoms with van der Waals surface area (Å²) in [6.07, 6.45) is 7.41. The molecule has 1 saturated heterocycles. The van der Waals surface area contributed by atoms with Gasteiger partial charge in [-0.3, -0.25) is 4.79 Å². The minimum absolute atomic E-state index is 0.350. The highest BCUT2D eigenvalue weighted by Crippen LogP contribution is 2.21. The molecule has 0 aromatic carbocycles. The molecular formula is C13H25NO2. The van der Waals surface area contributed by atoms with Gasteiger partial charge in [-0.05, 0) is 32.1 Å². The standard InChI is InChI=1S/C13H25NO2/c1-3-4-8-13(15)14-10-6-5-7-12(14)9-11-16-2/h12H,3-11H2,1-2H3. The second-order valence-corrected chi connectivity index (χ2v) is 4.62. The molecule has 1 fully saturated rings. The largest absolute Gasteiger partial charge is 0.385 e. The number of methoxy groups -OCH3 is 1. The van der Waals surface area contributed by atoms with Crippen molar-refractivity contribution < 1.29 is 9.53 Å². The van der Waals surface area contributed by atoms with E-state index in [-0.39, 0.29) is 0 Å². The van der Waals surface area contributed by atoms with Crippen LogP contribution in [-0.2, 0) is 9.53 Å². The van der Waals surface area contributed by atoms with Crippen molar-refractivity contribution in [2.45, 2.75) is 57.9 Å². The van der Waals surface area contributed by atoms with Gasteiger partial charge in [-0.2, -0.15) is 0 Å². The number of carbonyl (C=O) groups excluding carboxylic acids is 1. The van der Waals surface area contributed by atoms with Crippen LogP contribution in [0.3, 0.4) is 0 Å². The predicted molar refractivity (Wildman–Crippen MR) is 65.4 cm³/mol. The van der Waals surface area contributed by atoms with Crippen LogP contribution in [0.5, 0.6) is 0 Å². The van der Waals surface area contributed by atoms with Gasteiger partial charge in [-0.1, -0.05) is 13.3 Å². The Labute approximate surface area is 99.1 Å². The molecule has 1 unspecified atom stereocenters. The fourth-order valence-corrected chi connectivity index (χ4v) is 2.35. The molecule has 1 rings (SSSR count). The summed E-state index contributed by atoms with van der Waals surface area (Å²) in [4.78, 5) is 14.1. The number of unbranched alkanes of at least 4 members (excludes halogenated alkanes) is 1. The summed E-state index contributed by atoms with van der Waals surface area (Å²) in [5.74, 6) is 0.350. The maximum atomic E-state index is 12.0. The minimum atomic E-state index is 0.350. The minimum Gasteiger partial charge on any atom is -0.385 e. The molecule has 3 heteroatoms. The number of amides is 1. The Bertz CT molecular complexity index is 206. The third-order valence-corrected chi connectivity index (χ3v) is 3.35. The molecule has 1 atom stereocenters. The first-order valence-corrected chi connectivity index (χ1v) is 6.58. The summed E-state index contributed by atoms with van der Waals surface area (Å²) >= 11 is 0. The van der Waals surface area contributed by atoms with E-state index < -0.39 is 0 Å². The molecule has 1 aliphatic rings. The maximum Gasteiger partial charge on any atom is 0.222 e. The van der Waals surface area contributed by atoms with Gasteiger partial charge in [0.25, 0.3) is 0 Å². The van der Waals surface area contributed by atoms with Gasteiger partial charge in [-0.15, -0.1) is 0 Å². The van der Waals surface area contributed by atoms with Gasteiger partial charge >= 0.3 is 0 Å². The zero-order valence-electron chi connectivity index (χ0n) is 10.7. The van der Waals surface area contributed by atoms with Crippen molar-refractivity contribution in [1.29, 1.82) is 0 Å². The van der Waals surface area contributed by atoms with Crippen LogP contribution in [-0.4, -0.2) is 37.1 Å². The average molecular weight is 227 g/mol. The van der Waals surface area contributed by atoms with Gasteiger partial charge in [-0.25, -0.2) is 0 Å². The van der Waals surface area contributed by atoms with Crippen LogP contribution in [0.1, 0.15) is 51.9 Å². The number of hydrogen-bond donors (Lipinski definition) is 0. The van der Waals surface area contributed by atoms with E-state index in [4.69, 9.17) is 4.74 Å². The van der Waals surface area contributed by atoms with E-state index in [9.17, 15) is 4.79 Å². The van der Waals surface area contributed by atoms with E-state index in [1.54, 1.807) is 7.11 Å². The second kappa shape index (κ2) is 7.66. The molecule has 0 radical (unpaired) electrons. The number of hydrogen-bond acceptors (Lipinski definition) is 2. The van der Waals surface area contributed by atoms with Gasteiger partial charge in [0.15, 0.2) is 0 Å². The highest BCUT2D eigenvalue weighted by Gasteiger charge is 2.25. The number of carbonyl (C=O) groups is 1. The van der Waals surface area contributed by atoms with Crippen molar-refractivity contribution in [1.82, 2.24) is 4.90 Å². The molecule has 0 aromatic rings. The van der Waals surface area contributed by atoms with Gasteiger partial charge in [0.2, 0.25) is 5.91 Å². The number of ether oxygens (including phenoxy) is 1. The Morgan fingerprint density at radius 3 is 2.94 bits per heavy atom. The van der Waals surface area contributed by atoms with Crippen LogP contribution >= 0.6 is 0 Å². The summed E-state index contributed by atoms with van der Waals surface area (Å²) in [6, 6.07) is 0.429. The Hall–Kier alpha value is -0.570. The molecule has 94 valence electrons. The van der Waals surface area contributed by atoms with Crippen LogP contribution in [0.15, 0.2) is 0 Å². The van der Waals surface area contributed by atoms with Crippen LogP contribution in [0, 0.1) is 0 Å². The van der Waals surface area contributed by atoms with E-state index in [2.05, 4.69) is 11.8 Å². The molecule has 0 aliphatic carbocycles. The topological polar surface area (TPSA) is 29.5 Å². The lowest BCUT2D eigenvalue weighted by molar-refractivity contribution is -0.135. The molecule has 0 N–H and O–H groups in total. The van der Waals surface area contributed by atoms with Crippen LogP contribution < -0.4 is 0 Å². The number of rotatable bonds is 6. The van der Waals surface area contributed by atoms with Gasteiger partial charge in [0.1, 0.15) is 0 Å². The Balaban J connectivity index is 2.42. The SMILES string of the molecule is CCCCC(=O)N1CCCCC1CCOC. The monoisotopic (exact) mass is 227 g/mol. The number of piperidine rings is 1. The third-order valence-electron chi connectivity index (χ3n) is 3.35. The Morgan fingerprint density at radius 2 is 2.25 bits per heavy atom.